The molecule has 0 radical (unpaired) electrons. The van der Waals surface area contributed by atoms with Gasteiger partial charge in [0.2, 0.25) is 0 Å². The Hall–Kier alpha value is -4.13. The number of fused-ring (bicyclic) bond motifs is 1. The van der Waals surface area contributed by atoms with E-state index in [2.05, 4.69) is 5.32 Å². The van der Waals surface area contributed by atoms with Gasteiger partial charge in [0.05, 0.1) is 4.92 Å². The predicted octanol–water partition coefficient (Wildman–Crippen LogP) is 5.48. The predicted molar refractivity (Wildman–Crippen MR) is 113 cm³/mol. The average Bonchev–Trinajstić information content (AvgIpc) is 3.22. The number of amides is 1. The molecule has 150 valence electrons. The smallest absolute Gasteiger partial charge is 0.291 e. The molecule has 7 heteroatoms. The molecule has 1 N–H and O–H groups in total. The van der Waals surface area contributed by atoms with E-state index in [-0.39, 0.29) is 18.1 Å². The first-order valence-corrected chi connectivity index (χ1v) is 9.26. The van der Waals surface area contributed by atoms with Crippen molar-refractivity contribution in [2.45, 2.75) is 13.5 Å². The van der Waals surface area contributed by atoms with Gasteiger partial charge in [-0.1, -0.05) is 30.3 Å². The molecule has 0 aliphatic rings. The van der Waals surface area contributed by atoms with E-state index in [1.807, 2.05) is 42.5 Å². The highest BCUT2D eigenvalue weighted by molar-refractivity contribution is 6.02. The second-order valence-electron chi connectivity index (χ2n) is 6.77. The van der Waals surface area contributed by atoms with E-state index in [4.69, 9.17) is 9.15 Å². The lowest BCUT2D eigenvalue weighted by Gasteiger charge is -2.07. The lowest BCUT2D eigenvalue weighted by Crippen LogP contribution is -2.12. The van der Waals surface area contributed by atoms with E-state index in [0.29, 0.717) is 22.8 Å². The number of furan rings is 1. The average molecular weight is 402 g/mol. The molecule has 4 rings (SSSR count). The molecule has 1 aromatic heterocycles. The van der Waals surface area contributed by atoms with Crippen LogP contribution in [0.15, 0.2) is 77.2 Å². The maximum Gasteiger partial charge on any atom is 0.291 e. The number of hydrogen-bond donors (Lipinski definition) is 1. The van der Waals surface area contributed by atoms with E-state index in [1.54, 1.807) is 19.1 Å². The quantitative estimate of drug-likeness (QED) is 0.340. The van der Waals surface area contributed by atoms with Crippen LogP contribution in [0.4, 0.5) is 11.4 Å². The van der Waals surface area contributed by atoms with Crippen molar-refractivity contribution in [2.24, 2.45) is 0 Å². The first kappa shape index (κ1) is 19.2. The minimum atomic E-state index is -0.479. The number of ether oxygens (including phenoxy) is 1. The molecule has 7 nitrogen and oxygen atoms in total. The summed E-state index contributed by atoms with van der Waals surface area (Å²) in [7, 11) is 0. The lowest BCUT2D eigenvalue weighted by molar-refractivity contribution is -0.384. The van der Waals surface area contributed by atoms with Gasteiger partial charge in [-0.15, -0.1) is 0 Å². The summed E-state index contributed by atoms with van der Waals surface area (Å²) in [6, 6.07) is 21.3. The van der Waals surface area contributed by atoms with Gasteiger partial charge in [0.25, 0.3) is 11.6 Å². The van der Waals surface area contributed by atoms with Crippen LogP contribution in [0.3, 0.4) is 0 Å². The number of nitrogens with zero attached hydrogens (tertiary/aromatic N) is 1. The summed E-state index contributed by atoms with van der Waals surface area (Å²) in [6.45, 7) is 1.87. The summed E-state index contributed by atoms with van der Waals surface area (Å²) in [5.74, 6) is 0.903. The van der Waals surface area contributed by atoms with Gasteiger partial charge in [0.15, 0.2) is 5.76 Å². The number of aryl methyl sites for hydroxylation is 1. The van der Waals surface area contributed by atoms with Crippen LogP contribution in [0, 0.1) is 17.0 Å². The van der Waals surface area contributed by atoms with E-state index in [1.165, 1.54) is 18.2 Å². The molecule has 3 aromatic carbocycles. The maximum absolute atomic E-state index is 12.4. The summed E-state index contributed by atoms with van der Waals surface area (Å²) in [5, 5.41) is 15.7. The molecule has 0 saturated heterocycles. The summed E-state index contributed by atoms with van der Waals surface area (Å²) >= 11 is 0. The van der Waals surface area contributed by atoms with Crippen LogP contribution in [0.2, 0.25) is 0 Å². The Morgan fingerprint density at radius 1 is 1.03 bits per heavy atom. The topological polar surface area (TPSA) is 94.6 Å². The second-order valence-corrected chi connectivity index (χ2v) is 6.77. The highest BCUT2D eigenvalue weighted by atomic mass is 16.6. The third kappa shape index (κ3) is 4.15. The zero-order valence-electron chi connectivity index (χ0n) is 16.1. The Kier molecular flexibility index (Phi) is 5.17. The lowest BCUT2D eigenvalue weighted by atomic mass is 10.1. The van der Waals surface area contributed by atoms with Crippen molar-refractivity contribution in [2.75, 3.05) is 5.32 Å². The number of carbonyl (C=O) groups excluding carboxylic acids is 1. The van der Waals surface area contributed by atoms with Crippen molar-refractivity contribution < 1.29 is 18.9 Å². The van der Waals surface area contributed by atoms with E-state index >= 15 is 0 Å². The molecule has 4 aromatic rings. The van der Waals surface area contributed by atoms with Gasteiger partial charge in [0, 0.05) is 17.8 Å². The molecule has 0 bridgehead atoms. The largest absolute Gasteiger partial charge is 0.486 e. The molecule has 0 spiro atoms. The molecule has 30 heavy (non-hydrogen) atoms. The Balaban J connectivity index is 1.40. The van der Waals surface area contributed by atoms with Gasteiger partial charge in [-0.2, -0.15) is 0 Å². The highest BCUT2D eigenvalue weighted by Gasteiger charge is 2.15. The van der Waals surface area contributed by atoms with Crippen molar-refractivity contribution in [3.8, 4) is 5.75 Å². The van der Waals surface area contributed by atoms with Crippen LogP contribution in [0.25, 0.3) is 10.8 Å². The van der Waals surface area contributed by atoms with Gasteiger partial charge in [-0.3, -0.25) is 14.9 Å². The molecule has 0 aliphatic carbocycles. The number of non-ortho nitro benzene ring substituents is 1. The Morgan fingerprint density at radius 2 is 1.83 bits per heavy atom. The molecule has 0 aliphatic heterocycles. The number of nitro benzene ring substituents is 1. The Labute approximate surface area is 172 Å². The molecule has 1 heterocycles. The van der Waals surface area contributed by atoms with Gasteiger partial charge >= 0.3 is 0 Å². The van der Waals surface area contributed by atoms with Crippen LogP contribution in [0.1, 0.15) is 21.9 Å². The fourth-order valence-corrected chi connectivity index (χ4v) is 3.07. The highest BCUT2D eigenvalue weighted by Crippen LogP contribution is 2.23. The molecule has 0 atom stereocenters. The summed E-state index contributed by atoms with van der Waals surface area (Å²) in [6.07, 6.45) is 0. The number of anilines is 1. The standard InChI is InChI=1S/C23H18N2O5/c1-15-12-18(25(27)28)7-10-21(15)24-23(26)22-11-9-20(30-22)14-29-19-8-6-16-4-2-3-5-17(16)13-19/h2-13H,14H2,1H3,(H,24,26). The van der Waals surface area contributed by atoms with E-state index in [0.717, 1.165) is 10.8 Å². The van der Waals surface area contributed by atoms with Crippen molar-refractivity contribution >= 4 is 28.1 Å². The van der Waals surface area contributed by atoms with Gasteiger partial charge < -0.3 is 14.5 Å². The number of hydrogen-bond acceptors (Lipinski definition) is 5. The number of rotatable bonds is 6. The zero-order chi connectivity index (χ0) is 21.1. The third-order valence-electron chi connectivity index (χ3n) is 4.66. The Bertz CT molecular complexity index is 1250. The molecule has 1 amide bonds. The normalized spacial score (nSPS) is 10.7. The monoisotopic (exact) mass is 402 g/mol. The molecule has 0 fully saturated rings. The third-order valence-corrected chi connectivity index (χ3v) is 4.66. The van der Waals surface area contributed by atoms with Crippen LogP contribution < -0.4 is 10.1 Å². The molecule has 0 saturated carbocycles. The maximum atomic E-state index is 12.4. The number of nitrogens with one attached hydrogen (secondary N) is 1. The van der Waals surface area contributed by atoms with Crippen molar-refractivity contribution in [1.82, 2.24) is 0 Å². The van der Waals surface area contributed by atoms with Gasteiger partial charge in [0.1, 0.15) is 18.1 Å². The van der Waals surface area contributed by atoms with E-state index < -0.39 is 10.8 Å². The summed E-state index contributed by atoms with van der Waals surface area (Å²) < 4.78 is 11.4. The van der Waals surface area contributed by atoms with Gasteiger partial charge in [-0.05, 0) is 53.6 Å². The number of nitro groups is 1. The fraction of sp³-hybridized carbons (Fsp3) is 0.0870. The fourth-order valence-electron chi connectivity index (χ4n) is 3.07. The van der Waals surface area contributed by atoms with Crippen molar-refractivity contribution in [3.05, 3.63) is 100.0 Å². The van der Waals surface area contributed by atoms with Crippen molar-refractivity contribution in [1.29, 1.82) is 0 Å². The summed E-state index contributed by atoms with van der Waals surface area (Å²) in [4.78, 5) is 22.8. The van der Waals surface area contributed by atoms with E-state index in [9.17, 15) is 14.9 Å². The zero-order valence-corrected chi connectivity index (χ0v) is 16.1. The first-order valence-electron chi connectivity index (χ1n) is 9.26. The minimum Gasteiger partial charge on any atom is -0.486 e. The summed E-state index contributed by atoms with van der Waals surface area (Å²) in [5.41, 5.74) is 1.04. The first-order chi connectivity index (χ1) is 14.5. The molecule has 0 unspecified atom stereocenters. The van der Waals surface area contributed by atoms with Crippen molar-refractivity contribution in [3.63, 3.8) is 0 Å². The molecular weight excluding hydrogens is 384 g/mol. The van der Waals surface area contributed by atoms with Crippen LogP contribution in [-0.2, 0) is 6.61 Å². The second kappa shape index (κ2) is 8.08. The van der Waals surface area contributed by atoms with Crippen LogP contribution >= 0.6 is 0 Å². The molecular formula is C23H18N2O5. The Morgan fingerprint density at radius 3 is 2.60 bits per heavy atom. The van der Waals surface area contributed by atoms with Gasteiger partial charge in [-0.25, -0.2) is 0 Å². The number of carbonyl (C=O) groups is 1. The van der Waals surface area contributed by atoms with Crippen LogP contribution in [-0.4, -0.2) is 10.8 Å². The number of benzene rings is 3. The SMILES string of the molecule is Cc1cc([N+](=O)[O-])ccc1NC(=O)c1ccc(COc2ccc3ccccc3c2)o1. The minimum absolute atomic E-state index is 0.0309. The van der Waals surface area contributed by atoms with Crippen LogP contribution in [0.5, 0.6) is 5.75 Å².